The van der Waals surface area contributed by atoms with Gasteiger partial charge in [0.05, 0.1) is 12.0 Å². The van der Waals surface area contributed by atoms with E-state index in [1.807, 2.05) is 0 Å². The summed E-state index contributed by atoms with van der Waals surface area (Å²) < 4.78 is 4.72. The van der Waals surface area contributed by atoms with Gasteiger partial charge in [0.25, 0.3) is 0 Å². The summed E-state index contributed by atoms with van der Waals surface area (Å²) in [6.07, 6.45) is -0.235. The number of hydrogen-bond acceptors (Lipinski definition) is 5. The molecule has 0 fully saturated rings. The summed E-state index contributed by atoms with van der Waals surface area (Å²) in [6.45, 7) is -0.183. The Morgan fingerprint density at radius 1 is 1.31 bits per heavy atom. The average Bonchev–Trinajstić information content (AvgIpc) is 2.16. The van der Waals surface area contributed by atoms with Crippen molar-refractivity contribution in [2.24, 2.45) is 0 Å². The molecule has 0 radical (unpaired) electrons. The molecular weight excluding hydrogens is 212 g/mol. The van der Waals surface area contributed by atoms with Crippen LogP contribution >= 0.6 is 0 Å². The van der Waals surface area contributed by atoms with Gasteiger partial charge in [-0.3, -0.25) is 4.79 Å². The molecule has 5 N–H and O–H groups in total. The van der Waals surface area contributed by atoms with Crippen LogP contribution in [0.1, 0.15) is 16.8 Å². The van der Waals surface area contributed by atoms with E-state index in [-0.39, 0.29) is 24.3 Å². The van der Waals surface area contributed by atoms with Gasteiger partial charge in [-0.25, -0.2) is 4.79 Å². The van der Waals surface area contributed by atoms with Crippen molar-refractivity contribution in [2.45, 2.75) is 6.42 Å². The van der Waals surface area contributed by atoms with E-state index in [9.17, 15) is 9.59 Å². The number of carboxylic acid groups (broad SMARTS) is 1. The van der Waals surface area contributed by atoms with Gasteiger partial charge in [-0.1, -0.05) is 0 Å². The molecule has 0 amide bonds. The largest absolute Gasteiger partial charge is 0.481 e. The van der Waals surface area contributed by atoms with Crippen molar-refractivity contribution in [3.8, 4) is 0 Å². The van der Waals surface area contributed by atoms with Crippen LogP contribution in [0.25, 0.3) is 0 Å². The Balaban J connectivity index is 2.63. The molecule has 1 rings (SSSR count). The van der Waals surface area contributed by atoms with Crippen LogP contribution in [0.3, 0.4) is 0 Å². The molecule has 0 saturated heterocycles. The van der Waals surface area contributed by atoms with Gasteiger partial charge in [0.1, 0.15) is 6.61 Å². The number of anilines is 2. The topological polar surface area (TPSA) is 116 Å². The van der Waals surface area contributed by atoms with Gasteiger partial charge >= 0.3 is 11.9 Å². The summed E-state index contributed by atoms with van der Waals surface area (Å²) in [5.41, 5.74) is 11.8. The van der Waals surface area contributed by atoms with E-state index in [0.29, 0.717) is 5.69 Å². The van der Waals surface area contributed by atoms with Gasteiger partial charge in [0.15, 0.2) is 0 Å². The molecule has 0 atom stereocenters. The van der Waals surface area contributed by atoms with E-state index in [0.717, 1.165) is 0 Å². The molecule has 0 aliphatic carbocycles. The molecule has 0 bridgehead atoms. The summed E-state index contributed by atoms with van der Waals surface area (Å²) in [7, 11) is 0. The van der Waals surface area contributed by atoms with Crippen LogP contribution in [0, 0.1) is 0 Å². The van der Waals surface area contributed by atoms with E-state index < -0.39 is 11.9 Å². The lowest BCUT2D eigenvalue weighted by Gasteiger charge is -2.06. The lowest BCUT2D eigenvalue weighted by molar-refractivity contribution is -0.137. The fourth-order valence-corrected chi connectivity index (χ4v) is 1.08. The third kappa shape index (κ3) is 3.16. The van der Waals surface area contributed by atoms with Crippen LogP contribution in [0.15, 0.2) is 18.2 Å². The highest BCUT2D eigenvalue weighted by Crippen LogP contribution is 2.16. The number of esters is 1. The Morgan fingerprint density at radius 2 is 2.00 bits per heavy atom. The Hall–Kier alpha value is -2.24. The van der Waals surface area contributed by atoms with Crippen molar-refractivity contribution in [1.82, 2.24) is 0 Å². The van der Waals surface area contributed by atoms with Crippen LogP contribution in [0.4, 0.5) is 11.4 Å². The second-order valence-electron chi connectivity index (χ2n) is 3.13. The Morgan fingerprint density at radius 3 is 2.56 bits per heavy atom. The van der Waals surface area contributed by atoms with Crippen LogP contribution < -0.4 is 11.5 Å². The highest BCUT2D eigenvalue weighted by atomic mass is 16.5. The number of rotatable bonds is 4. The first-order valence-electron chi connectivity index (χ1n) is 4.54. The highest BCUT2D eigenvalue weighted by molar-refractivity contribution is 5.95. The number of benzene rings is 1. The summed E-state index contributed by atoms with van der Waals surface area (Å²) in [6, 6.07) is 4.39. The molecular formula is C10H12N2O4. The van der Waals surface area contributed by atoms with Gasteiger partial charge in [-0.15, -0.1) is 0 Å². The maximum atomic E-state index is 11.4. The second-order valence-corrected chi connectivity index (χ2v) is 3.13. The van der Waals surface area contributed by atoms with E-state index in [1.54, 1.807) is 0 Å². The predicted octanol–water partition coefficient (Wildman–Crippen LogP) is 0.482. The van der Waals surface area contributed by atoms with Crippen molar-refractivity contribution >= 4 is 23.3 Å². The number of aliphatic carboxylic acids is 1. The quantitative estimate of drug-likeness (QED) is 0.506. The number of carboxylic acids is 1. The minimum absolute atomic E-state index is 0.180. The minimum atomic E-state index is -1.03. The molecule has 16 heavy (non-hydrogen) atoms. The SMILES string of the molecule is Nc1ccc(C(=O)OCCC(=O)O)c(N)c1. The zero-order chi connectivity index (χ0) is 12.1. The van der Waals surface area contributed by atoms with Crippen molar-refractivity contribution in [3.63, 3.8) is 0 Å². The van der Waals surface area contributed by atoms with Crippen LogP contribution in [-0.4, -0.2) is 23.7 Å². The second kappa shape index (κ2) is 5.01. The van der Waals surface area contributed by atoms with Gasteiger partial charge < -0.3 is 21.3 Å². The Bertz CT molecular complexity index is 417. The number of carbonyl (C=O) groups is 2. The van der Waals surface area contributed by atoms with Crippen molar-refractivity contribution in [3.05, 3.63) is 23.8 Å². The Labute approximate surface area is 91.8 Å². The molecule has 1 aromatic carbocycles. The molecule has 0 aromatic heterocycles. The number of hydrogen-bond donors (Lipinski definition) is 3. The molecule has 6 nitrogen and oxygen atoms in total. The first-order chi connectivity index (χ1) is 7.50. The highest BCUT2D eigenvalue weighted by Gasteiger charge is 2.11. The minimum Gasteiger partial charge on any atom is -0.481 e. The number of nitrogens with two attached hydrogens (primary N) is 2. The molecule has 0 heterocycles. The lowest BCUT2D eigenvalue weighted by atomic mass is 10.1. The third-order valence-corrected chi connectivity index (χ3v) is 1.84. The van der Waals surface area contributed by atoms with Gasteiger partial charge in [0, 0.05) is 11.4 Å². The summed E-state index contributed by atoms with van der Waals surface area (Å²) in [4.78, 5) is 21.6. The van der Waals surface area contributed by atoms with Gasteiger partial charge in [0.2, 0.25) is 0 Å². The van der Waals surface area contributed by atoms with Gasteiger partial charge in [-0.05, 0) is 18.2 Å². The predicted molar refractivity (Wildman–Crippen MR) is 57.8 cm³/mol. The average molecular weight is 224 g/mol. The maximum Gasteiger partial charge on any atom is 0.340 e. The fourth-order valence-electron chi connectivity index (χ4n) is 1.08. The molecule has 0 aliphatic rings. The maximum absolute atomic E-state index is 11.4. The first kappa shape index (κ1) is 11.8. The van der Waals surface area contributed by atoms with E-state index in [1.165, 1.54) is 18.2 Å². The van der Waals surface area contributed by atoms with Gasteiger partial charge in [-0.2, -0.15) is 0 Å². The van der Waals surface area contributed by atoms with E-state index in [2.05, 4.69) is 0 Å². The van der Waals surface area contributed by atoms with Crippen LogP contribution in [0.5, 0.6) is 0 Å². The zero-order valence-corrected chi connectivity index (χ0v) is 8.47. The summed E-state index contributed by atoms with van der Waals surface area (Å²) in [5, 5.41) is 8.36. The normalized spacial score (nSPS) is 9.75. The van der Waals surface area contributed by atoms with Crippen molar-refractivity contribution < 1.29 is 19.4 Å². The molecule has 0 unspecified atom stereocenters. The smallest absolute Gasteiger partial charge is 0.340 e. The van der Waals surface area contributed by atoms with Crippen molar-refractivity contribution in [2.75, 3.05) is 18.1 Å². The monoisotopic (exact) mass is 224 g/mol. The first-order valence-corrected chi connectivity index (χ1v) is 4.54. The van der Waals surface area contributed by atoms with E-state index >= 15 is 0 Å². The summed E-state index contributed by atoms with van der Waals surface area (Å²) in [5.74, 6) is -1.68. The third-order valence-electron chi connectivity index (χ3n) is 1.84. The fraction of sp³-hybridized carbons (Fsp3) is 0.200. The van der Waals surface area contributed by atoms with E-state index in [4.69, 9.17) is 21.3 Å². The molecule has 1 aromatic rings. The molecule has 6 heteroatoms. The molecule has 0 aliphatic heterocycles. The standard InChI is InChI=1S/C10H12N2O4/c11-6-1-2-7(8(12)5-6)10(15)16-4-3-9(13)14/h1-2,5H,3-4,11-12H2,(H,13,14). The molecule has 0 saturated carbocycles. The Kier molecular flexibility index (Phi) is 3.71. The molecule has 86 valence electrons. The molecule has 0 spiro atoms. The van der Waals surface area contributed by atoms with Crippen LogP contribution in [0.2, 0.25) is 0 Å². The number of ether oxygens (including phenoxy) is 1. The number of nitrogen functional groups attached to an aromatic ring is 2. The van der Waals surface area contributed by atoms with Crippen molar-refractivity contribution in [1.29, 1.82) is 0 Å². The number of carbonyl (C=O) groups excluding carboxylic acids is 1. The summed E-state index contributed by atoms with van der Waals surface area (Å²) >= 11 is 0. The zero-order valence-electron chi connectivity index (χ0n) is 8.47. The van der Waals surface area contributed by atoms with Crippen LogP contribution in [-0.2, 0) is 9.53 Å². The lowest BCUT2D eigenvalue weighted by Crippen LogP contribution is -2.11.